The predicted octanol–water partition coefficient (Wildman–Crippen LogP) is 3.17. The highest BCUT2D eigenvalue weighted by molar-refractivity contribution is 5.72. The lowest BCUT2D eigenvalue weighted by atomic mass is 10.1. The van der Waals surface area contributed by atoms with Gasteiger partial charge in [-0.3, -0.25) is 4.79 Å². The highest BCUT2D eigenvalue weighted by Gasteiger charge is 2.15. The number of hydrogen-bond acceptors (Lipinski definition) is 3. The van der Waals surface area contributed by atoms with Crippen LogP contribution in [-0.2, 0) is 14.3 Å². The number of carbonyl (C=O) groups excluding carboxylic acids is 1. The van der Waals surface area contributed by atoms with Crippen LogP contribution >= 0.6 is 0 Å². The lowest BCUT2D eigenvalue weighted by Gasteiger charge is -2.16. The summed E-state index contributed by atoms with van der Waals surface area (Å²) in [6, 6.07) is 0. The fourth-order valence-corrected chi connectivity index (χ4v) is 1.40. The Morgan fingerprint density at radius 3 is 2.25 bits per heavy atom. The van der Waals surface area contributed by atoms with Crippen LogP contribution in [0.1, 0.15) is 53.9 Å². The smallest absolute Gasteiger partial charge is 0.308 e. The van der Waals surface area contributed by atoms with Gasteiger partial charge < -0.3 is 9.47 Å². The molecule has 0 aliphatic heterocycles. The van der Waals surface area contributed by atoms with Crippen LogP contribution in [0.2, 0.25) is 0 Å². The third kappa shape index (κ3) is 7.69. The van der Waals surface area contributed by atoms with E-state index in [1.54, 1.807) is 0 Å². The first-order chi connectivity index (χ1) is 7.47. The zero-order chi connectivity index (χ0) is 12.6. The van der Waals surface area contributed by atoms with E-state index in [-0.39, 0.29) is 18.0 Å². The van der Waals surface area contributed by atoms with Gasteiger partial charge in [-0.25, -0.2) is 0 Å². The van der Waals surface area contributed by atoms with E-state index in [2.05, 4.69) is 13.8 Å². The molecule has 96 valence electrons. The molecule has 0 N–H and O–H groups in total. The average molecular weight is 230 g/mol. The normalized spacial score (nSPS) is 14.9. The lowest BCUT2D eigenvalue weighted by molar-refractivity contribution is -0.152. The Morgan fingerprint density at radius 2 is 1.75 bits per heavy atom. The fourth-order valence-electron chi connectivity index (χ4n) is 1.40. The van der Waals surface area contributed by atoms with Crippen molar-refractivity contribution in [3.63, 3.8) is 0 Å². The van der Waals surface area contributed by atoms with Crippen LogP contribution < -0.4 is 0 Å². The second kappa shape index (κ2) is 8.57. The van der Waals surface area contributed by atoms with Gasteiger partial charge in [-0.1, -0.05) is 20.3 Å². The minimum absolute atomic E-state index is 0.0325. The van der Waals surface area contributed by atoms with E-state index >= 15 is 0 Å². The zero-order valence-electron chi connectivity index (χ0n) is 11.3. The maximum Gasteiger partial charge on any atom is 0.308 e. The third-order valence-corrected chi connectivity index (χ3v) is 2.40. The summed E-state index contributed by atoms with van der Waals surface area (Å²) < 4.78 is 10.7. The van der Waals surface area contributed by atoms with Crippen LogP contribution in [0.25, 0.3) is 0 Å². The first kappa shape index (κ1) is 15.4. The molecule has 1 unspecified atom stereocenters. The molecule has 3 nitrogen and oxygen atoms in total. The van der Waals surface area contributed by atoms with E-state index in [0.717, 1.165) is 19.3 Å². The van der Waals surface area contributed by atoms with Crippen molar-refractivity contribution in [3.05, 3.63) is 0 Å². The molecule has 0 aromatic rings. The lowest BCUT2D eigenvalue weighted by Crippen LogP contribution is -2.21. The molecule has 0 saturated carbocycles. The van der Waals surface area contributed by atoms with Gasteiger partial charge in [0.05, 0.1) is 18.1 Å². The van der Waals surface area contributed by atoms with Gasteiger partial charge in [-0.15, -0.1) is 0 Å². The van der Waals surface area contributed by atoms with Crippen LogP contribution in [0.3, 0.4) is 0 Å². The van der Waals surface area contributed by atoms with E-state index in [4.69, 9.17) is 9.47 Å². The Kier molecular flexibility index (Phi) is 8.26. The topological polar surface area (TPSA) is 35.5 Å². The van der Waals surface area contributed by atoms with Crippen molar-refractivity contribution in [3.8, 4) is 0 Å². The highest BCUT2D eigenvalue weighted by atomic mass is 16.5. The summed E-state index contributed by atoms with van der Waals surface area (Å²) >= 11 is 0. The largest absolute Gasteiger partial charge is 0.463 e. The monoisotopic (exact) mass is 230 g/mol. The highest BCUT2D eigenvalue weighted by Crippen LogP contribution is 2.09. The van der Waals surface area contributed by atoms with Crippen molar-refractivity contribution >= 4 is 5.97 Å². The Hall–Kier alpha value is -0.570. The molecule has 0 aliphatic rings. The Bertz CT molecular complexity index is 190. The molecular formula is C13H26O3. The molecule has 2 atom stereocenters. The second-order valence-electron chi connectivity index (χ2n) is 4.65. The molecule has 0 fully saturated rings. The molecule has 0 aromatic carbocycles. The van der Waals surface area contributed by atoms with E-state index < -0.39 is 0 Å². The van der Waals surface area contributed by atoms with Gasteiger partial charge in [0.1, 0.15) is 0 Å². The molecule has 0 radical (unpaired) electrons. The molecule has 0 spiro atoms. The summed E-state index contributed by atoms with van der Waals surface area (Å²) in [5, 5.41) is 0. The van der Waals surface area contributed by atoms with Gasteiger partial charge in [0.25, 0.3) is 0 Å². The van der Waals surface area contributed by atoms with Crippen molar-refractivity contribution < 1.29 is 14.3 Å². The van der Waals surface area contributed by atoms with E-state index in [9.17, 15) is 4.79 Å². The summed E-state index contributed by atoms with van der Waals surface area (Å²) in [5.41, 5.74) is 0. The maximum absolute atomic E-state index is 11.5. The fraction of sp³-hybridized carbons (Fsp3) is 0.923. The molecule has 0 aromatic heterocycles. The van der Waals surface area contributed by atoms with Gasteiger partial charge in [0, 0.05) is 6.61 Å². The van der Waals surface area contributed by atoms with Crippen LogP contribution in [0.15, 0.2) is 0 Å². The van der Waals surface area contributed by atoms with Gasteiger partial charge in [-0.05, 0) is 33.6 Å². The van der Waals surface area contributed by atoms with Gasteiger partial charge in [-0.2, -0.15) is 0 Å². The summed E-state index contributed by atoms with van der Waals surface area (Å²) in [6.07, 6.45) is 3.20. The second-order valence-corrected chi connectivity index (χ2v) is 4.65. The minimum Gasteiger partial charge on any atom is -0.463 e. The molecule has 3 heteroatoms. The van der Waals surface area contributed by atoms with Crippen LogP contribution in [-0.4, -0.2) is 24.8 Å². The molecule has 0 bridgehead atoms. The predicted molar refractivity (Wildman–Crippen MR) is 65.3 cm³/mol. The average Bonchev–Trinajstić information content (AvgIpc) is 2.16. The molecule has 0 aliphatic carbocycles. The molecule has 0 rings (SSSR count). The summed E-state index contributed by atoms with van der Waals surface area (Å²) in [7, 11) is 0. The van der Waals surface area contributed by atoms with Gasteiger partial charge in [0.15, 0.2) is 0 Å². The van der Waals surface area contributed by atoms with Crippen LogP contribution in [0, 0.1) is 5.92 Å². The number of hydrogen-bond donors (Lipinski definition) is 0. The van der Waals surface area contributed by atoms with Crippen molar-refractivity contribution in [2.24, 2.45) is 5.92 Å². The minimum atomic E-state index is -0.123. The molecule has 0 amide bonds. The Labute approximate surface area is 99.5 Å². The quantitative estimate of drug-likeness (QED) is 0.601. The summed E-state index contributed by atoms with van der Waals surface area (Å²) in [5.74, 6) is -0.196. The van der Waals surface area contributed by atoms with Crippen molar-refractivity contribution in [1.29, 1.82) is 0 Å². The number of esters is 1. The van der Waals surface area contributed by atoms with Crippen molar-refractivity contribution in [2.75, 3.05) is 6.61 Å². The summed E-state index contributed by atoms with van der Waals surface area (Å²) in [6.45, 7) is 10.5. The number of rotatable bonds is 8. The standard InChI is InChI=1S/C13H26O3/c1-6-7-12(5)15-9-8-11(4)13(14)16-10(2)3/h10-12H,6-9H2,1-5H3/t11-,12?/m1/s1. The van der Waals surface area contributed by atoms with Gasteiger partial charge in [0.2, 0.25) is 0 Å². The summed E-state index contributed by atoms with van der Waals surface area (Å²) in [4.78, 5) is 11.5. The number of ether oxygens (including phenoxy) is 2. The van der Waals surface area contributed by atoms with E-state index in [0.29, 0.717) is 12.7 Å². The van der Waals surface area contributed by atoms with E-state index in [1.165, 1.54) is 0 Å². The zero-order valence-corrected chi connectivity index (χ0v) is 11.3. The first-order valence-electron chi connectivity index (χ1n) is 6.29. The molecule has 0 saturated heterocycles. The van der Waals surface area contributed by atoms with Crippen molar-refractivity contribution in [1.82, 2.24) is 0 Å². The Balaban J connectivity index is 3.64. The van der Waals surface area contributed by atoms with E-state index in [1.807, 2.05) is 20.8 Å². The molecule has 16 heavy (non-hydrogen) atoms. The Morgan fingerprint density at radius 1 is 1.12 bits per heavy atom. The first-order valence-corrected chi connectivity index (χ1v) is 6.29. The number of carbonyl (C=O) groups is 1. The molecular weight excluding hydrogens is 204 g/mol. The molecule has 0 heterocycles. The van der Waals surface area contributed by atoms with Crippen molar-refractivity contribution in [2.45, 2.75) is 66.1 Å². The SMILES string of the molecule is CCCC(C)OCC[C@@H](C)C(=O)OC(C)C. The maximum atomic E-state index is 11.5. The van der Waals surface area contributed by atoms with Crippen LogP contribution in [0.4, 0.5) is 0 Å². The van der Waals surface area contributed by atoms with Gasteiger partial charge >= 0.3 is 5.97 Å². The third-order valence-electron chi connectivity index (χ3n) is 2.40. The van der Waals surface area contributed by atoms with Crippen LogP contribution in [0.5, 0.6) is 0 Å².